The molecule has 1 heterocycles. The van der Waals surface area contributed by atoms with E-state index in [1.807, 2.05) is 0 Å². The number of allylic oxidation sites excluding steroid dienone is 1. The number of phenols is 1. The van der Waals surface area contributed by atoms with Gasteiger partial charge in [0.25, 0.3) is 0 Å². The summed E-state index contributed by atoms with van der Waals surface area (Å²) in [5, 5.41) is 9.69. The van der Waals surface area contributed by atoms with Gasteiger partial charge in [0.1, 0.15) is 0 Å². The number of hydrogen-bond acceptors (Lipinski definition) is 5. The summed E-state index contributed by atoms with van der Waals surface area (Å²) in [6.45, 7) is 0.170. The average Bonchev–Trinajstić information content (AvgIpc) is 3.01. The van der Waals surface area contributed by atoms with Gasteiger partial charge in [-0.05, 0) is 48.0 Å². The summed E-state index contributed by atoms with van der Waals surface area (Å²) in [6.07, 6.45) is 3.10. The highest BCUT2D eigenvalue weighted by Gasteiger charge is 2.15. The second-order valence-electron chi connectivity index (χ2n) is 4.81. The quantitative estimate of drug-likeness (QED) is 0.649. The number of halogens is 1. The predicted molar refractivity (Wildman–Crippen MR) is 88.3 cm³/mol. The molecule has 0 aromatic heterocycles. The van der Waals surface area contributed by atoms with Crippen LogP contribution in [0.25, 0.3) is 6.08 Å². The van der Waals surface area contributed by atoms with Gasteiger partial charge in [-0.15, -0.1) is 0 Å². The monoisotopic (exact) mass is 376 g/mol. The van der Waals surface area contributed by atoms with Crippen LogP contribution in [0.4, 0.5) is 0 Å². The molecule has 0 fully saturated rings. The molecule has 2 aromatic rings. The SMILES string of the molecule is COc1cc(/C=C/C(=O)c2ccc3c(c2)OCO3)c(Br)cc1O. The maximum absolute atomic E-state index is 12.3. The van der Waals surface area contributed by atoms with Gasteiger partial charge in [-0.3, -0.25) is 4.79 Å². The number of benzene rings is 2. The van der Waals surface area contributed by atoms with Crippen LogP contribution >= 0.6 is 15.9 Å². The molecule has 0 spiro atoms. The fourth-order valence-electron chi connectivity index (χ4n) is 2.16. The van der Waals surface area contributed by atoms with Crippen molar-refractivity contribution in [3.63, 3.8) is 0 Å². The zero-order valence-electron chi connectivity index (χ0n) is 12.2. The molecule has 1 aliphatic rings. The molecule has 118 valence electrons. The maximum Gasteiger partial charge on any atom is 0.231 e. The minimum atomic E-state index is -0.165. The summed E-state index contributed by atoms with van der Waals surface area (Å²) in [4.78, 5) is 12.3. The molecule has 0 unspecified atom stereocenters. The smallest absolute Gasteiger partial charge is 0.231 e. The molecular weight excluding hydrogens is 364 g/mol. The number of rotatable bonds is 4. The average molecular weight is 377 g/mol. The lowest BCUT2D eigenvalue weighted by Crippen LogP contribution is -1.94. The molecule has 0 aliphatic carbocycles. The minimum absolute atomic E-state index is 0.0265. The molecule has 0 saturated heterocycles. The van der Waals surface area contributed by atoms with E-state index < -0.39 is 0 Å². The Hall–Kier alpha value is -2.47. The van der Waals surface area contributed by atoms with Gasteiger partial charge in [0, 0.05) is 10.0 Å². The third-order valence-electron chi connectivity index (χ3n) is 3.37. The highest BCUT2D eigenvalue weighted by molar-refractivity contribution is 9.10. The first-order valence-corrected chi connectivity index (χ1v) is 7.56. The van der Waals surface area contributed by atoms with Crippen molar-refractivity contribution in [2.45, 2.75) is 0 Å². The molecule has 6 heteroatoms. The van der Waals surface area contributed by atoms with Gasteiger partial charge in [0.2, 0.25) is 6.79 Å². The topological polar surface area (TPSA) is 65.0 Å². The first-order chi connectivity index (χ1) is 11.1. The van der Waals surface area contributed by atoms with Crippen LogP contribution in [0.5, 0.6) is 23.0 Å². The molecule has 0 atom stereocenters. The zero-order valence-corrected chi connectivity index (χ0v) is 13.8. The minimum Gasteiger partial charge on any atom is -0.504 e. The van der Waals surface area contributed by atoms with Gasteiger partial charge in [-0.1, -0.05) is 15.9 Å². The Balaban J connectivity index is 1.84. The number of hydrogen-bond donors (Lipinski definition) is 1. The predicted octanol–water partition coefficient (Wildman–Crippen LogP) is 3.79. The normalized spacial score (nSPS) is 12.6. The second kappa shape index (κ2) is 6.34. The molecule has 3 rings (SSSR count). The third-order valence-corrected chi connectivity index (χ3v) is 4.06. The maximum atomic E-state index is 12.3. The van der Waals surface area contributed by atoms with E-state index in [0.29, 0.717) is 32.8 Å². The van der Waals surface area contributed by atoms with E-state index in [1.54, 1.807) is 30.3 Å². The largest absolute Gasteiger partial charge is 0.504 e. The molecule has 0 amide bonds. The number of phenolic OH excluding ortho intramolecular Hbond substituents is 1. The number of ether oxygens (including phenoxy) is 3. The van der Waals surface area contributed by atoms with E-state index in [2.05, 4.69) is 15.9 Å². The summed E-state index contributed by atoms with van der Waals surface area (Å²) in [5.41, 5.74) is 1.22. The Morgan fingerprint density at radius 1 is 1.26 bits per heavy atom. The fourth-order valence-corrected chi connectivity index (χ4v) is 2.62. The first-order valence-electron chi connectivity index (χ1n) is 6.77. The van der Waals surface area contributed by atoms with Gasteiger partial charge in [-0.2, -0.15) is 0 Å². The van der Waals surface area contributed by atoms with E-state index in [9.17, 15) is 9.90 Å². The highest BCUT2D eigenvalue weighted by Crippen LogP contribution is 2.34. The van der Waals surface area contributed by atoms with Crippen molar-refractivity contribution in [2.24, 2.45) is 0 Å². The zero-order chi connectivity index (χ0) is 16.4. The summed E-state index contributed by atoms with van der Waals surface area (Å²) in [5.74, 6) is 1.40. The fraction of sp³-hybridized carbons (Fsp3) is 0.118. The molecule has 0 saturated carbocycles. The number of carbonyl (C=O) groups is 1. The summed E-state index contributed by atoms with van der Waals surface area (Å²) >= 11 is 3.34. The van der Waals surface area contributed by atoms with Gasteiger partial charge in [-0.25, -0.2) is 0 Å². The van der Waals surface area contributed by atoms with E-state index in [-0.39, 0.29) is 18.3 Å². The van der Waals surface area contributed by atoms with Crippen molar-refractivity contribution < 1.29 is 24.1 Å². The standard InChI is InChI=1S/C17H13BrO5/c1-21-16-6-10(12(18)8-14(16)20)2-4-13(19)11-3-5-15-17(7-11)23-9-22-15/h2-8,20H,9H2,1H3/b4-2+. The Labute approximate surface area is 141 Å². The van der Waals surface area contributed by atoms with Crippen LogP contribution in [0.3, 0.4) is 0 Å². The Morgan fingerprint density at radius 2 is 2.04 bits per heavy atom. The number of fused-ring (bicyclic) bond motifs is 1. The molecular formula is C17H13BrO5. The molecule has 0 bridgehead atoms. The van der Waals surface area contributed by atoms with Crippen molar-refractivity contribution >= 4 is 27.8 Å². The van der Waals surface area contributed by atoms with Crippen LogP contribution in [0.1, 0.15) is 15.9 Å². The van der Waals surface area contributed by atoms with Crippen molar-refractivity contribution in [1.29, 1.82) is 0 Å². The molecule has 1 N–H and O–H groups in total. The lowest BCUT2D eigenvalue weighted by Gasteiger charge is -2.06. The van der Waals surface area contributed by atoms with Crippen LogP contribution < -0.4 is 14.2 Å². The number of aromatic hydroxyl groups is 1. The van der Waals surface area contributed by atoms with Crippen molar-refractivity contribution in [3.05, 3.63) is 52.0 Å². The highest BCUT2D eigenvalue weighted by atomic mass is 79.9. The molecule has 0 radical (unpaired) electrons. The van der Waals surface area contributed by atoms with Crippen molar-refractivity contribution in [3.8, 4) is 23.0 Å². The molecule has 1 aliphatic heterocycles. The second-order valence-corrected chi connectivity index (χ2v) is 5.67. The van der Waals surface area contributed by atoms with Crippen LogP contribution in [0.2, 0.25) is 0 Å². The third kappa shape index (κ3) is 3.17. The van der Waals surface area contributed by atoms with E-state index in [0.717, 1.165) is 0 Å². The molecule has 2 aromatic carbocycles. The van der Waals surface area contributed by atoms with E-state index in [1.165, 1.54) is 19.3 Å². The lowest BCUT2D eigenvalue weighted by atomic mass is 10.1. The number of methoxy groups -OCH3 is 1. The van der Waals surface area contributed by atoms with Crippen LogP contribution in [-0.2, 0) is 0 Å². The van der Waals surface area contributed by atoms with E-state index in [4.69, 9.17) is 14.2 Å². The number of carbonyl (C=O) groups excluding carboxylic acids is 1. The van der Waals surface area contributed by atoms with Crippen LogP contribution in [0.15, 0.2) is 40.9 Å². The Kier molecular flexibility index (Phi) is 4.25. The van der Waals surface area contributed by atoms with Gasteiger partial charge in [0.15, 0.2) is 28.8 Å². The van der Waals surface area contributed by atoms with E-state index >= 15 is 0 Å². The van der Waals surface area contributed by atoms with Crippen LogP contribution in [-0.4, -0.2) is 24.8 Å². The molecule has 5 nitrogen and oxygen atoms in total. The Bertz CT molecular complexity index is 798. The summed E-state index contributed by atoms with van der Waals surface area (Å²) in [7, 11) is 1.47. The Morgan fingerprint density at radius 3 is 2.83 bits per heavy atom. The first kappa shape index (κ1) is 15.4. The van der Waals surface area contributed by atoms with Gasteiger partial charge in [0.05, 0.1) is 7.11 Å². The summed E-state index contributed by atoms with van der Waals surface area (Å²) < 4.78 is 16.2. The number of ketones is 1. The van der Waals surface area contributed by atoms with Crippen molar-refractivity contribution in [1.82, 2.24) is 0 Å². The molecule has 23 heavy (non-hydrogen) atoms. The van der Waals surface area contributed by atoms with Crippen molar-refractivity contribution in [2.75, 3.05) is 13.9 Å². The summed E-state index contributed by atoms with van der Waals surface area (Å²) in [6, 6.07) is 8.21. The van der Waals surface area contributed by atoms with Gasteiger partial charge < -0.3 is 19.3 Å². The lowest BCUT2D eigenvalue weighted by molar-refractivity contribution is 0.104. The van der Waals surface area contributed by atoms with Crippen LogP contribution in [0, 0.1) is 0 Å². The van der Waals surface area contributed by atoms with Gasteiger partial charge >= 0.3 is 0 Å².